The number of anilines is 1. The van der Waals surface area contributed by atoms with Gasteiger partial charge < -0.3 is 10.6 Å². The van der Waals surface area contributed by atoms with E-state index in [0.29, 0.717) is 11.3 Å². The van der Waals surface area contributed by atoms with Gasteiger partial charge in [-0.05, 0) is 32.0 Å². The van der Waals surface area contributed by atoms with Crippen LogP contribution < -0.4 is 10.6 Å². The maximum Gasteiger partial charge on any atom is 0.319 e. The Morgan fingerprint density at radius 1 is 1.15 bits per heavy atom. The van der Waals surface area contributed by atoms with E-state index in [-0.39, 0.29) is 5.82 Å². The zero-order valence-electron chi connectivity index (χ0n) is 11.4. The molecule has 2 amide bonds. The predicted molar refractivity (Wildman–Crippen MR) is 75.8 cm³/mol. The molecule has 2 N–H and O–H groups in total. The van der Waals surface area contributed by atoms with Crippen LogP contribution in [0.5, 0.6) is 0 Å². The highest BCUT2D eigenvalue weighted by molar-refractivity contribution is 5.89. The maximum absolute atomic E-state index is 13.8. The number of benzene rings is 1. The maximum atomic E-state index is 13.8. The standard InChI is InChI=1S/C15H16FN3O/c1-15(2,12-5-3-4-6-13(12)16)19-14(20)18-11-7-9-17-10-8-11/h3-10H,1-2H3,(H2,17,18,19,20). The SMILES string of the molecule is CC(C)(NC(=O)Nc1ccncc1)c1ccccc1F. The van der Waals surface area contributed by atoms with Crippen molar-refractivity contribution < 1.29 is 9.18 Å². The molecule has 1 aromatic carbocycles. The number of nitrogens with zero attached hydrogens (tertiary/aromatic N) is 1. The van der Waals surface area contributed by atoms with Crippen LogP contribution in [0.25, 0.3) is 0 Å². The summed E-state index contributed by atoms with van der Waals surface area (Å²) in [5.41, 5.74) is 0.245. The summed E-state index contributed by atoms with van der Waals surface area (Å²) < 4.78 is 13.8. The molecule has 0 atom stereocenters. The summed E-state index contributed by atoms with van der Waals surface area (Å²) in [4.78, 5) is 15.8. The molecule has 2 aromatic rings. The lowest BCUT2D eigenvalue weighted by atomic mass is 9.94. The number of halogens is 1. The van der Waals surface area contributed by atoms with Crippen LogP contribution in [-0.2, 0) is 5.54 Å². The quantitative estimate of drug-likeness (QED) is 0.901. The van der Waals surface area contributed by atoms with Crippen LogP contribution in [0.2, 0.25) is 0 Å². The summed E-state index contributed by atoms with van der Waals surface area (Å²) in [5.74, 6) is -0.346. The highest BCUT2D eigenvalue weighted by Gasteiger charge is 2.25. The first-order chi connectivity index (χ1) is 9.49. The van der Waals surface area contributed by atoms with Gasteiger partial charge in [0.1, 0.15) is 5.82 Å². The van der Waals surface area contributed by atoms with Crippen molar-refractivity contribution in [1.29, 1.82) is 0 Å². The zero-order chi connectivity index (χ0) is 14.6. The molecule has 0 unspecified atom stereocenters. The van der Waals surface area contributed by atoms with Gasteiger partial charge in [0.25, 0.3) is 0 Å². The number of aromatic nitrogens is 1. The van der Waals surface area contributed by atoms with E-state index in [2.05, 4.69) is 15.6 Å². The third-order valence-corrected chi connectivity index (χ3v) is 2.91. The van der Waals surface area contributed by atoms with E-state index >= 15 is 0 Å². The van der Waals surface area contributed by atoms with E-state index in [4.69, 9.17) is 0 Å². The Balaban J connectivity index is 2.09. The number of amides is 2. The van der Waals surface area contributed by atoms with E-state index < -0.39 is 11.6 Å². The molecule has 1 heterocycles. The number of rotatable bonds is 3. The van der Waals surface area contributed by atoms with Crippen LogP contribution >= 0.6 is 0 Å². The average molecular weight is 273 g/mol. The van der Waals surface area contributed by atoms with Crippen LogP contribution in [0.1, 0.15) is 19.4 Å². The molecule has 2 rings (SSSR count). The van der Waals surface area contributed by atoms with Crippen molar-refractivity contribution in [3.8, 4) is 0 Å². The Kier molecular flexibility index (Phi) is 3.98. The van der Waals surface area contributed by atoms with Crippen molar-refractivity contribution in [1.82, 2.24) is 10.3 Å². The second kappa shape index (κ2) is 5.69. The number of nitrogens with one attached hydrogen (secondary N) is 2. The van der Waals surface area contributed by atoms with Gasteiger partial charge in [0.05, 0.1) is 5.54 Å². The van der Waals surface area contributed by atoms with Crippen molar-refractivity contribution in [3.05, 3.63) is 60.2 Å². The van der Waals surface area contributed by atoms with E-state index in [1.54, 1.807) is 56.6 Å². The summed E-state index contributed by atoms with van der Waals surface area (Å²) in [5, 5.41) is 5.43. The molecule has 104 valence electrons. The van der Waals surface area contributed by atoms with Gasteiger partial charge in [0, 0.05) is 23.6 Å². The smallest absolute Gasteiger partial charge is 0.319 e. The highest BCUT2D eigenvalue weighted by atomic mass is 19.1. The molecule has 0 spiro atoms. The first kappa shape index (κ1) is 14.0. The topological polar surface area (TPSA) is 54.0 Å². The lowest BCUT2D eigenvalue weighted by Crippen LogP contribution is -2.43. The molecule has 0 bridgehead atoms. The Morgan fingerprint density at radius 2 is 1.80 bits per heavy atom. The van der Waals surface area contributed by atoms with Crippen LogP contribution in [-0.4, -0.2) is 11.0 Å². The molecule has 0 saturated heterocycles. The minimum atomic E-state index is -0.817. The summed E-state index contributed by atoms with van der Waals surface area (Å²) in [6.45, 7) is 3.50. The fraction of sp³-hybridized carbons (Fsp3) is 0.200. The van der Waals surface area contributed by atoms with E-state index in [1.165, 1.54) is 6.07 Å². The molecule has 0 saturated carbocycles. The van der Waals surface area contributed by atoms with Crippen molar-refractivity contribution >= 4 is 11.7 Å². The molecule has 5 heteroatoms. The average Bonchev–Trinajstić information content (AvgIpc) is 2.39. The molecule has 4 nitrogen and oxygen atoms in total. The highest BCUT2D eigenvalue weighted by Crippen LogP contribution is 2.22. The number of hydrogen-bond donors (Lipinski definition) is 2. The number of pyridine rings is 1. The lowest BCUT2D eigenvalue weighted by Gasteiger charge is -2.27. The van der Waals surface area contributed by atoms with Crippen LogP contribution in [0.15, 0.2) is 48.8 Å². The van der Waals surface area contributed by atoms with Crippen LogP contribution in [0, 0.1) is 5.82 Å². The van der Waals surface area contributed by atoms with Crippen LogP contribution in [0.4, 0.5) is 14.9 Å². The third kappa shape index (κ3) is 3.32. The molecule has 0 radical (unpaired) electrons. The summed E-state index contributed by atoms with van der Waals surface area (Å²) in [6.07, 6.45) is 3.16. The largest absolute Gasteiger partial charge is 0.329 e. The summed E-state index contributed by atoms with van der Waals surface area (Å²) in [6, 6.07) is 9.34. The second-order valence-electron chi connectivity index (χ2n) is 4.92. The minimum Gasteiger partial charge on any atom is -0.329 e. The van der Waals surface area contributed by atoms with Crippen molar-refractivity contribution in [2.24, 2.45) is 0 Å². The zero-order valence-corrected chi connectivity index (χ0v) is 11.4. The van der Waals surface area contributed by atoms with E-state index in [9.17, 15) is 9.18 Å². The molecular weight excluding hydrogens is 257 g/mol. The molecular formula is C15H16FN3O. The predicted octanol–water partition coefficient (Wildman–Crippen LogP) is 3.28. The van der Waals surface area contributed by atoms with Gasteiger partial charge >= 0.3 is 6.03 Å². The van der Waals surface area contributed by atoms with E-state index in [1.807, 2.05) is 0 Å². The Bertz CT molecular complexity index is 599. The van der Waals surface area contributed by atoms with Gasteiger partial charge in [-0.3, -0.25) is 4.98 Å². The first-order valence-electron chi connectivity index (χ1n) is 6.23. The number of hydrogen-bond acceptors (Lipinski definition) is 2. The van der Waals surface area contributed by atoms with Gasteiger partial charge in [0.15, 0.2) is 0 Å². The van der Waals surface area contributed by atoms with Gasteiger partial charge in [-0.2, -0.15) is 0 Å². The van der Waals surface area contributed by atoms with E-state index in [0.717, 1.165) is 0 Å². The number of urea groups is 1. The van der Waals surface area contributed by atoms with Gasteiger partial charge in [-0.1, -0.05) is 18.2 Å². The van der Waals surface area contributed by atoms with Gasteiger partial charge in [-0.15, -0.1) is 0 Å². The summed E-state index contributed by atoms with van der Waals surface area (Å²) >= 11 is 0. The van der Waals surface area contributed by atoms with Crippen molar-refractivity contribution in [2.45, 2.75) is 19.4 Å². The van der Waals surface area contributed by atoms with Crippen LogP contribution in [0.3, 0.4) is 0 Å². The van der Waals surface area contributed by atoms with Crippen molar-refractivity contribution in [2.75, 3.05) is 5.32 Å². The molecule has 0 aliphatic rings. The Hall–Kier alpha value is -2.43. The Labute approximate surface area is 117 Å². The first-order valence-corrected chi connectivity index (χ1v) is 6.23. The van der Waals surface area contributed by atoms with Crippen molar-refractivity contribution in [3.63, 3.8) is 0 Å². The molecule has 0 fully saturated rings. The molecule has 20 heavy (non-hydrogen) atoms. The fourth-order valence-corrected chi connectivity index (χ4v) is 1.92. The minimum absolute atomic E-state index is 0.346. The normalized spacial score (nSPS) is 10.9. The number of carbonyl (C=O) groups is 1. The lowest BCUT2D eigenvalue weighted by molar-refractivity contribution is 0.241. The number of carbonyl (C=O) groups excluding carboxylic acids is 1. The third-order valence-electron chi connectivity index (χ3n) is 2.91. The summed E-state index contributed by atoms with van der Waals surface area (Å²) in [7, 11) is 0. The van der Waals surface area contributed by atoms with Gasteiger partial charge in [0.2, 0.25) is 0 Å². The molecule has 0 aliphatic carbocycles. The molecule has 0 aliphatic heterocycles. The van der Waals surface area contributed by atoms with Gasteiger partial charge in [-0.25, -0.2) is 9.18 Å². The Morgan fingerprint density at radius 3 is 2.45 bits per heavy atom. The second-order valence-corrected chi connectivity index (χ2v) is 4.92. The molecule has 1 aromatic heterocycles. The fourth-order valence-electron chi connectivity index (χ4n) is 1.92. The monoisotopic (exact) mass is 273 g/mol.